The van der Waals surface area contributed by atoms with Gasteiger partial charge in [0, 0.05) is 153 Å². The van der Waals surface area contributed by atoms with Gasteiger partial charge in [0.25, 0.3) is 23.6 Å². The predicted molar refractivity (Wildman–Crippen MR) is 517 cm³/mol. The molecule has 4 fully saturated rings. The van der Waals surface area contributed by atoms with Crippen LogP contribution in [-0.2, 0) is 69.2 Å². The molecule has 0 unspecified atom stereocenters. The second-order valence-corrected chi connectivity index (χ2v) is 33.7. The van der Waals surface area contributed by atoms with Gasteiger partial charge in [-0.2, -0.15) is 0 Å². The third-order valence-corrected chi connectivity index (χ3v) is 24.7. The maximum absolute atomic E-state index is 13.7. The molecule has 14 rings (SSSR count). The molecule has 36 nitrogen and oxygen atoms in total. The highest BCUT2D eigenvalue weighted by Gasteiger charge is 2.40. The van der Waals surface area contributed by atoms with E-state index in [2.05, 4.69) is 22.0 Å². The summed E-state index contributed by atoms with van der Waals surface area (Å²) in [6.45, 7) is 20.9. The Balaban J connectivity index is 0.000000233. The number of carbonyl (C=O) groups is 6. The fraction of sp³-hybridized carbons (Fsp3) is 0.490. The van der Waals surface area contributed by atoms with Crippen LogP contribution in [0, 0.1) is 0 Å². The van der Waals surface area contributed by atoms with E-state index in [1.807, 2.05) is 84.3 Å². The van der Waals surface area contributed by atoms with Crippen LogP contribution in [0.15, 0.2) is 139 Å². The van der Waals surface area contributed by atoms with Gasteiger partial charge in [-0.25, -0.2) is 0 Å². The van der Waals surface area contributed by atoms with Gasteiger partial charge in [-0.1, -0.05) is 46.6 Å². The van der Waals surface area contributed by atoms with Crippen LogP contribution in [0.25, 0.3) is 0 Å². The van der Waals surface area contributed by atoms with Gasteiger partial charge in [0.2, 0.25) is 0 Å². The van der Waals surface area contributed by atoms with E-state index in [4.69, 9.17) is 110 Å². The molecule has 0 aliphatic carbocycles. The number of hydrogen-bond donors (Lipinski definition) is 1. The molecule has 8 aliphatic heterocycles. The number of aliphatic imine (C=N–C) groups is 4. The number of amides is 4. The summed E-state index contributed by atoms with van der Waals surface area (Å²) in [5.41, 5.74) is 10.6. The first kappa shape index (κ1) is 103. The summed E-state index contributed by atoms with van der Waals surface area (Å²) in [6.07, 6.45) is 19.9. The van der Waals surface area contributed by atoms with Gasteiger partial charge in [-0.15, -0.1) is 0 Å². The molecule has 1 N–H and O–H groups in total. The van der Waals surface area contributed by atoms with E-state index >= 15 is 0 Å². The zero-order valence-corrected chi connectivity index (χ0v) is 80.8. The number of hydrogen-bond acceptors (Lipinski definition) is 31. The van der Waals surface area contributed by atoms with E-state index in [0.29, 0.717) is 289 Å². The lowest BCUT2D eigenvalue weighted by molar-refractivity contribution is -0.143. The maximum atomic E-state index is 13.7. The lowest BCUT2D eigenvalue weighted by Gasteiger charge is -2.22. The number of rotatable bonds is 51. The fourth-order valence-corrected chi connectivity index (χ4v) is 17.1. The molecule has 0 bridgehead atoms. The summed E-state index contributed by atoms with van der Waals surface area (Å²) in [5, 5.41) is 9.29. The van der Waals surface area contributed by atoms with Crippen LogP contribution in [-0.4, -0.2) is 323 Å². The zero-order valence-electron chi connectivity index (χ0n) is 80.8. The van der Waals surface area contributed by atoms with Crippen LogP contribution in [0.3, 0.4) is 0 Å². The number of ether oxygens (including phenoxy) is 17. The Morgan fingerprint density at radius 3 is 0.920 bits per heavy atom. The maximum Gasteiger partial charge on any atom is 0.305 e. The largest absolute Gasteiger partial charge is 0.493 e. The summed E-state index contributed by atoms with van der Waals surface area (Å²) in [7, 11) is 9.36. The average Bonchev–Trinajstić information content (AvgIpc) is 1.64. The number of fused-ring (bicyclic) bond motifs is 8. The van der Waals surface area contributed by atoms with Crippen LogP contribution in [0.2, 0.25) is 0 Å². The van der Waals surface area contributed by atoms with Crippen LogP contribution in [0.4, 0.5) is 22.7 Å². The van der Waals surface area contributed by atoms with Crippen molar-refractivity contribution in [2.24, 2.45) is 20.0 Å². The second kappa shape index (κ2) is 51.7. The number of allylic oxidation sites excluding steroid dienone is 4. The van der Waals surface area contributed by atoms with Crippen molar-refractivity contribution in [2.75, 3.05) is 194 Å². The molecule has 8 aliphatic rings. The van der Waals surface area contributed by atoms with Gasteiger partial charge >= 0.3 is 11.9 Å². The van der Waals surface area contributed by atoms with E-state index in [1.54, 1.807) is 93.9 Å². The number of methoxy groups -OCH3 is 6. The molecule has 10 heterocycles. The van der Waals surface area contributed by atoms with Gasteiger partial charge < -0.3 is 105 Å². The van der Waals surface area contributed by atoms with Crippen LogP contribution >= 0.6 is 0 Å². The first-order chi connectivity index (χ1) is 67.2. The highest BCUT2D eigenvalue weighted by molar-refractivity contribution is 6.07. The monoisotopic (exact) mass is 1900 g/mol. The molecule has 4 amide bonds. The van der Waals surface area contributed by atoms with Gasteiger partial charge in [0.15, 0.2) is 46.0 Å². The van der Waals surface area contributed by atoms with Crippen LogP contribution in [0.5, 0.6) is 57.5 Å². The molecule has 0 saturated carbocycles. The Kier molecular flexibility index (Phi) is 38.4. The minimum atomic E-state index is -0.853. The minimum Gasteiger partial charge on any atom is -0.493 e. The van der Waals surface area contributed by atoms with Crippen molar-refractivity contribution < 1.29 is 114 Å². The number of carboxylic acids is 1. The van der Waals surface area contributed by atoms with Gasteiger partial charge in [-0.3, -0.25) is 68.5 Å². The lowest BCUT2D eigenvalue weighted by atomic mass is 10.1. The summed E-state index contributed by atoms with van der Waals surface area (Å²) in [6, 6.07) is 20.3. The van der Waals surface area contributed by atoms with Crippen LogP contribution < -0.4 is 47.4 Å². The fourth-order valence-electron chi connectivity index (χ4n) is 17.1. The molecule has 6 aromatic rings. The Morgan fingerprint density at radius 1 is 0.362 bits per heavy atom. The predicted octanol–water partition coefficient (Wildman–Crippen LogP) is 12.9. The number of carboxylic acid groups (broad SMARTS) is 1. The smallest absolute Gasteiger partial charge is 0.305 e. The number of esters is 1. The Labute approximate surface area is 805 Å². The van der Waals surface area contributed by atoms with Crippen molar-refractivity contribution in [1.82, 2.24) is 39.4 Å². The van der Waals surface area contributed by atoms with Crippen molar-refractivity contribution in [3.05, 3.63) is 164 Å². The number of aliphatic carboxylic acids is 1. The molecule has 740 valence electrons. The number of pyridine rings is 2. The quantitative estimate of drug-likeness (QED) is 0.0210. The normalized spacial score (nSPS) is 18.3. The summed E-state index contributed by atoms with van der Waals surface area (Å²) in [5.74, 6) is 2.53. The highest BCUT2D eigenvalue weighted by atomic mass is 16.6. The number of benzene rings is 4. The summed E-state index contributed by atoms with van der Waals surface area (Å²) >= 11 is 0. The number of carbonyl (C=O) groups excluding carboxylic acids is 5. The number of nitrogens with zero attached hydrogens (tertiary/aromatic N) is 12. The molecule has 2 aromatic heterocycles. The Bertz CT molecular complexity index is 5230. The average molecular weight is 1910 g/mol. The van der Waals surface area contributed by atoms with Gasteiger partial charge in [0.05, 0.1) is 193 Å². The first-order valence-corrected chi connectivity index (χ1v) is 47.0. The molecule has 4 aromatic carbocycles. The van der Waals surface area contributed by atoms with Crippen LogP contribution in [0.1, 0.15) is 150 Å². The Morgan fingerprint density at radius 2 is 0.645 bits per heavy atom. The molecule has 4 saturated heterocycles. The van der Waals surface area contributed by atoms with Crippen molar-refractivity contribution in [3.63, 3.8) is 0 Å². The first-order valence-electron chi connectivity index (χ1n) is 47.0. The van der Waals surface area contributed by atoms with E-state index in [1.165, 1.54) is 50.7 Å². The van der Waals surface area contributed by atoms with E-state index in [0.717, 1.165) is 25.7 Å². The Hall–Kier alpha value is -12.7. The molecule has 0 spiro atoms. The van der Waals surface area contributed by atoms with Gasteiger partial charge in [0.1, 0.15) is 51.1 Å². The van der Waals surface area contributed by atoms with E-state index < -0.39 is 5.97 Å². The standard InChI is InChI=1S/C52H66N6O12.C50H62N6O12/c1-7-35-21-39-29-53-44-27-48(46(63-5)25-42(44)51(60)57(39)31-35)69-33-37-23-41(68-16-14-56(12-10-11-50(59)67-9-3)13-15-65-19-20-66-18-17-62-4)24-38(55-37)34-70-49-28-45-43(26-47(49)64-6)52(61)58-32-36(8-2)22-40(58)30-54-45;1-6-33-19-37-27-51-42-25-46(44(62-4)23-40(42)49(59)55(37)29-33)67-31-35-21-39(66-14-12-54(10-8-9-48(57)58)11-13-64-17-18-65-16-15-61-3)22-36(53-35)32-68-47-26-43-41(24-45(47)63-5)50(60)56-30-34(7-2)20-38(56)28-52-43/h7-8,23-30,39-40H,9-22,31-34H2,1-6H3;6-7,21-28,37-38H,8-20,29-32H2,1-5H3,(H,57,58)/b35-7+,36-8+;33-6+,34-7+/t39-,40-;37-,38-/m00/s1. The molecular weight excluding hydrogens is 1780 g/mol. The third kappa shape index (κ3) is 27.7. The molecule has 4 atom stereocenters. The van der Waals surface area contributed by atoms with Crippen molar-refractivity contribution in [2.45, 2.75) is 137 Å². The van der Waals surface area contributed by atoms with Crippen molar-refractivity contribution in [1.29, 1.82) is 0 Å². The molecule has 0 radical (unpaired) electrons. The molecule has 36 heteroatoms. The minimum absolute atomic E-state index is 0.00413. The lowest BCUT2D eigenvalue weighted by Crippen LogP contribution is -2.35. The van der Waals surface area contributed by atoms with E-state index in [9.17, 15) is 33.9 Å². The topological polar surface area (TPSA) is 374 Å². The van der Waals surface area contributed by atoms with Crippen molar-refractivity contribution in [3.8, 4) is 57.5 Å². The number of aromatic nitrogens is 2. The summed E-state index contributed by atoms with van der Waals surface area (Å²) < 4.78 is 99.1. The highest BCUT2D eigenvalue weighted by Crippen LogP contribution is 2.45. The summed E-state index contributed by atoms with van der Waals surface area (Å²) in [4.78, 5) is 119. The second-order valence-electron chi connectivity index (χ2n) is 33.7. The third-order valence-electron chi connectivity index (χ3n) is 24.7. The SMILES string of the molecule is C/C=C1\C[C@H]2C=Nc3cc(OCc4cc(OCCN(CCCC(=O)O)CCOCCOCCOC)cc(COc5cc6c(cc5OC)C(=O)N5C/C(=C/C)C[C@H]5C=N6)n4)c(OC)cc3C(=O)N2C1.C/C=C1\C[C@H]2C=Nc3cc(OCc4cc(OCCN(CCCC(=O)OCC)CCOCCOCCOC)cc(COc5cc6c(cc5OC)C(=O)N5C/C(=C/C)C[C@H]5C=N6)n4)c(OC)cc3C(=O)N2C1. The molecular formula is C102H128N12O24. The van der Waals surface area contributed by atoms with E-state index in [-0.39, 0.29) is 93.2 Å². The van der Waals surface area contributed by atoms with Gasteiger partial charge in [-0.05, 0) is 110 Å². The zero-order chi connectivity index (χ0) is 97.4. The molecule has 138 heavy (non-hydrogen) atoms. The van der Waals surface area contributed by atoms with Crippen molar-refractivity contribution >= 4 is 83.2 Å².